The number of hydrogen-bond donors (Lipinski definition) is 1. The molecular weight excluding hydrogens is 494 g/mol. The summed E-state index contributed by atoms with van der Waals surface area (Å²) in [5.41, 5.74) is -0.371. The van der Waals surface area contributed by atoms with Gasteiger partial charge in [0.25, 0.3) is 11.8 Å². The molecule has 4 fully saturated rings. The van der Waals surface area contributed by atoms with Crippen molar-refractivity contribution < 1.29 is 31.6 Å². The van der Waals surface area contributed by atoms with Crippen LogP contribution in [0.25, 0.3) is 0 Å². The number of urea groups is 1. The number of nitrogens with one attached hydrogen (secondary N) is 1. The number of rotatable bonds is 6. The van der Waals surface area contributed by atoms with Crippen molar-refractivity contribution in [2.45, 2.75) is 113 Å². The summed E-state index contributed by atoms with van der Waals surface area (Å²) in [6.07, 6.45) is 0.462. The number of piperidine rings is 1. The van der Waals surface area contributed by atoms with Crippen molar-refractivity contribution >= 4 is 6.03 Å². The Morgan fingerprint density at radius 3 is 2.43 bits per heavy atom. The summed E-state index contributed by atoms with van der Waals surface area (Å²) in [5, 5.41) is 6.62. The van der Waals surface area contributed by atoms with E-state index in [1.807, 2.05) is 20.8 Å². The van der Waals surface area contributed by atoms with E-state index in [1.165, 1.54) is 4.90 Å². The van der Waals surface area contributed by atoms with Gasteiger partial charge in [0.05, 0.1) is 12.6 Å². The maximum absolute atomic E-state index is 15.0. The van der Waals surface area contributed by atoms with Crippen molar-refractivity contribution in [2.24, 2.45) is 0 Å². The van der Waals surface area contributed by atoms with Crippen LogP contribution in [0.3, 0.4) is 0 Å². The fourth-order valence-electron chi connectivity index (χ4n) is 5.64. The lowest BCUT2D eigenvalue weighted by molar-refractivity contribution is -0.178. The minimum Gasteiger partial charge on any atom is -0.365 e. The lowest BCUT2D eigenvalue weighted by Crippen LogP contribution is -2.61. The maximum atomic E-state index is 15.0. The molecule has 3 heterocycles. The normalized spacial score (nSPS) is 31.6. The van der Waals surface area contributed by atoms with Gasteiger partial charge in [-0.25, -0.2) is 22.4 Å². The Morgan fingerprint density at radius 1 is 1.11 bits per heavy atom. The van der Waals surface area contributed by atoms with E-state index in [4.69, 9.17) is 9.26 Å². The highest BCUT2D eigenvalue weighted by molar-refractivity contribution is 5.75. The zero-order valence-corrected chi connectivity index (χ0v) is 21.7. The minimum atomic E-state index is -3.25. The van der Waals surface area contributed by atoms with E-state index in [2.05, 4.69) is 15.5 Å². The summed E-state index contributed by atoms with van der Waals surface area (Å²) in [5.74, 6) is -4.77. The van der Waals surface area contributed by atoms with Crippen LogP contribution in [0.5, 0.6) is 0 Å². The molecule has 2 aliphatic carbocycles. The number of alkyl halides is 4. The first-order valence-electron chi connectivity index (χ1n) is 13.4. The average molecular weight is 532 g/mol. The van der Waals surface area contributed by atoms with Crippen molar-refractivity contribution in [3.05, 3.63) is 11.7 Å². The molecule has 1 N–H and O–H groups in total. The van der Waals surface area contributed by atoms with Gasteiger partial charge >= 0.3 is 6.03 Å². The molecule has 12 heteroatoms. The van der Waals surface area contributed by atoms with Crippen LogP contribution in [0, 0.1) is 0 Å². The molecule has 37 heavy (non-hydrogen) atoms. The van der Waals surface area contributed by atoms with Crippen molar-refractivity contribution in [2.75, 3.05) is 26.2 Å². The van der Waals surface area contributed by atoms with Crippen molar-refractivity contribution in [3.8, 4) is 0 Å². The summed E-state index contributed by atoms with van der Waals surface area (Å²) in [7, 11) is 0. The number of ether oxygens (including phenoxy) is 1. The topological polar surface area (TPSA) is 83.7 Å². The molecule has 2 aliphatic heterocycles. The van der Waals surface area contributed by atoms with E-state index in [-0.39, 0.29) is 30.8 Å². The molecule has 2 amide bonds. The molecule has 2 saturated carbocycles. The quantitative estimate of drug-likeness (QED) is 0.551. The van der Waals surface area contributed by atoms with Crippen molar-refractivity contribution in [3.63, 3.8) is 0 Å². The van der Waals surface area contributed by atoms with Gasteiger partial charge in [0.15, 0.2) is 5.82 Å². The summed E-state index contributed by atoms with van der Waals surface area (Å²) < 4.78 is 70.3. The second kappa shape index (κ2) is 9.66. The Hall–Kier alpha value is -1.95. The standard InChI is InChI=1S/C25H37F4N5O3/c1-15(2)34-13-18(25(28,29)14-34)36-17-5-4-8-24(26,27)19(17)30-22(35)33-11-9-23(3,10-12-33)21-31-20(37-32-21)16-6-7-16/h15-19H,4-14H2,1-3H3,(H,30,35)/t17-,18+,19+/m0/s1. The molecule has 0 radical (unpaired) electrons. The van der Waals surface area contributed by atoms with Gasteiger partial charge in [-0.1, -0.05) is 12.1 Å². The molecule has 0 spiro atoms. The van der Waals surface area contributed by atoms with Crippen molar-refractivity contribution in [1.82, 2.24) is 25.3 Å². The van der Waals surface area contributed by atoms with Gasteiger partial charge in [-0.05, 0) is 52.4 Å². The highest BCUT2D eigenvalue weighted by atomic mass is 19.3. The summed E-state index contributed by atoms with van der Waals surface area (Å²) in [4.78, 5) is 20.7. The molecule has 4 aliphatic rings. The third kappa shape index (κ3) is 5.46. The molecule has 0 aromatic carbocycles. The summed E-state index contributed by atoms with van der Waals surface area (Å²) in [6.45, 7) is 5.81. The van der Waals surface area contributed by atoms with Crippen LogP contribution in [-0.2, 0) is 10.2 Å². The maximum Gasteiger partial charge on any atom is 0.317 e. The van der Waals surface area contributed by atoms with E-state index in [0.29, 0.717) is 43.6 Å². The van der Waals surface area contributed by atoms with Crippen LogP contribution in [0.1, 0.15) is 83.3 Å². The summed E-state index contributed by atoms with van der Waals surface area (Å²) >= 11 is 0. The minimum absolute atomic E-state index is 0.0311. The highest BCUT2D eigenvalue weighted by Gasteiger charge is 2.55. The summed E-state index contributed by atoms with van der Waals surface area (Å²) in [6, 6.07) is -2.40. The molecule has 8 nitrogen and oxygen atoms in total. The van der Waals surface area contributed by atoms with E-state index in [1.54, 1.807) is 4.90 Å². The number of likely N-dealkylation sites (tertiary alicyclic amines) is 2. The van der Waals surface area contributed by atoms with Gasteiger partial charge in [0, 0.05) is 43.4 Å². The zero-order valence-electron chi connectivity index (χ0n) is 21.7. The molecular formula is C25H37F4N5O3. The Kier molecular flexibility index (Phi) is 6.96. The highest BCUT2D eigenvalue weighted by Crippen LogP contribution is 2.42. The number of carbonyl (C=O) groups is 1. The molecule has 0 bridgehead atoms. The Bertz CT molecular complexity index is 977. The van der Waals surface area contributed by atoms with E-state index in [9.17, 15) is 22.4 Å². The lowest BCUT2D eigenvalue weighted by atomic mass is 9.79. The average Bonchev–Trinajstić information content (AvgIpc) is 3.46. The van der Waals surface area contributed by atoms with E-state index >= 15 is 0 Å². The number of halogens is 4. The Labute approximate surface area is 214 Å². The van der Waals surface area contributed by atoms with Crippen LogP contribution in [0.4, 0.5) is 22.4 Å². The largest absolute Gasteiger partial charge is 0.365 e. The third-order valence-corrected chi connectivity index (χ3v) is 8.52. The second-order valence-corrected chi connectivity index (χ2v) is 11.8. The predicted molar refractivity (Wildman–Crippen MR) is 126 cm³/mol. The third-order valence-electron chi connectivity index (χ3n) is 8.52. The number of nitrogens with zero attached hydrogens (tertiary/aromatic N) is 4. The van der Waals surface area contributed by atoms with Gasteiger partial charge in [0.2, 0.25) is 5.89 Å². The number of carbonyl (C=O) groups excluding carboxylic acids is 1. The van der Waals surface area contributed by atoms with Crippen molar-refractivity contribution in [1.29, 1.82) is 0 Å². The van der Waals surface area contributed by atoms with Gasteiger partial charge in [-0.2, -0.15) is 4.98 Å². The van der Waals surface area contributed by atoms with Crippen LogP contribution >= 0.6 is 0 Å². The molecule has 1 aromatic rings. The molecule has 3 atom stereocenters. The van der Waals surface area contributed by atoms with E-state index in [0.717, 1.165) is 12.8 Å². The van der Waals surface area contributed by atoms with Crippen LogP contribution in [-0.4, -0.2) is 88.3 Å². The first-order chi connectivity index (χ1) is 17.4. The molecule has 1 aromatic heterocycles. The zero-order chi connectivity index (χ0) is 26.6. The Balaban J connectivity index is 1.21. The van der Waals surface area contributed by atoms with Crippen LogP contribution in [0.15, 0.2) is 4.52 Å². The number of aromatic nitrogens is 2. The van der Waals surface area contributed by atoms with E-state index < -0.39 is 49.1 Å². The second-order valence-electron chi connectivity index (χ2n) is 11.8. The van der Waals surface area contributed by atoms with Gasteiger partial charge in [-0.3, -0.25) is 4.90 Å². The molecule has 5 rings (SSSR count). The molecule has 2 saturated heterocycles. The fourth-order valence-corrected chi connectivity index (χ4v) is 5.64. The lowest BCUT2D eigenvalue weighted by Gasteiger charge is -2.42. The SMILES string of the molecule is CC(C)N1C[C@@H](O[C@H]2CCCC(F)(F)[C@@H]2NC(=O)N2CCC(C)(c3noc(C4CC4)n3)CC2)C(F)(F)C1. The molecule has 0 unspecified atom stereocenters. The predicted octanol–water partition coefficient (Wildman–Crippen LogP) is 4.31. The van der Waals surface area contributed by atoms with Crippen LogP contribution in [0.2, 0.25) is 0 Å². The van der Waals surface area contributed by atoms with Gasteiger partial charge in [0.1, 0.15) is 12.1 Å². The molecule has 208 valence electrons. The van der Waals surface area contributed by atoms with Gasteiger partial charge in [-0.15, -0.1) is 0 Å². The van der Waals surface area contributed by atoms with Gasteiger partial charge < -0.3 is 19.5 Å². The fraction of sp³-hybridized carbons (Fsp3) is 0.880. The first kappa shape index (κ1) is 26.6. The monoisotopic (exact) mass is 531 g/mol. The smallest absolute Gasteiger partial charge is 0.317 e. The number of hydrogen-bond acceptors (Lipinski definition) is 6. The first-order valence-corrected chi connectivity index (χ1v) is 13.4. The Morgan fingerprint density at radius 2 is 1.81 bits per heavy atom. The number of amides is 2. The van der Waals surface area contributed by atoms with Crippen LogP contribution < -0.4 is 5.32 Å².